The molecule has 2 aliphatic carbocycles. The van der Waals surface area contributed by atoms with Gasteiger partial charge >= 0.3 is 0 Å². The quantitative estimate of drug-likeness (QED) is 0.878. The summed E-state index contributed by atoms with van der Waals surface area (Å²) in [6.07, 6.45) is 6.19. The van der Waals surface area contributed by atoms with Gasteiger partial charge in [0, 0.05) is 6.04 Å². The van der Waals surface area contributed by atoms with Crippen molar-refractivity contribution < 1.29 is 9.84 Å². The summed E-state index contributed by atoms with van der Waals surface area (Å²) >= 11 is 0. The molecule has 19 heavy (non-hydrogen) atoms. The first kappa shape index (κ1) is 12.9. The Morgan fingerprint density at radius 3 is 2.84 bits per heavy atom. The Labute approximate surface area is 115 Å². The third-order valence-corrected chi connectivity index (χ3v) is 4.48. The van der Waals surface area contributed by atoms with Crippen molar-refractivity contribution in [3.63, 3.8) is 0 Å². The Hall–Kier alpha value is -1.06. The number of aryl methyl sites for hydroxylation is 1. The van der Waals surface area contributed by atoms with Crippen LogP contribution in [0.4, 0.5) is 0 Å². The van der Waals surface area contributed by atoms with E-state index < -0.39 is 0 Å². The van der Waals surface area contributed by atoms with Gasteiger partial charge in [0.1, 0.15) is 11.9 Å². The fourth-order valence-corrected chi connectivity index (χ4v) is 3.38. The molecule has 0 saturated heterocycles. The predicted molar refractivity (Wildman–Crippen MR) is 75.5 cm³/mol. The summed E-state index contributed by atoms with van der Waals surface area (Å²) in [7, 11) is 2.03. The molecule has 0 heterocycles. The topological polar surface area (TPSA) is 41.5 Å². The molecule has 3 rings (SSSR count). The fourth-order valence-electron chi connectivity index (χ4n) is 3.38. The maximum Gasteiger partial charge on any atom is 0.124 e. The number of aliphatic hydroxyl groups excluding tert-OH is 1. The standard InChI is InChI=1S/C16H23NO2/c1-17-14-5-2-4-11-10-12(8-9-13(11)14)19-16-7-3-6-15(16)18/h8-10,14-18H,2-7H2,1H3. The maximum atomic E-state index is 9.83. The van der Waals surface area contributed by atoms with Crippen LogP contribution in [-0.4, -0.2) is 24.4 Å². The monoisotopic (exact) mass is 261 g/mol. The molecule has 1 saturated carbocycles. The van der Waals surface area contributed by atoms with Crippen molar-refractivity contribution in [2.24, 2.45) is 0 Å². The first-order valence-corrected chi connectivity index (χ1v) is 7.43. The predicted octanol–water partition coefficient (Wildman–Crippen LogP) is 2.58. The van der Waals surface area contributed by atoms with E-state index >= 15 is 0 Å². The van der Waals surface area contributed by atoms with E-state index in [-0.39, 0.29) is 12.2 Å². The molecule has 0 radical (unpaired) electrons. The summed E-state index contributed by atoms with van der Waals surface area (Å²) < 4.78 is 5.95. The summed E-state index contributed by atoms with van der Waals surface area (Å²) in [5, 5.41) is 13.2. The Morgan fingerprint density at radius 2 is 2.11 bits per heavy atom. The third kappa shape index (κ3) is 2.63. The molecule has 2 N–H and O–H groups in total. The fraction of sp³-hybridized carbons (Fsp3) is 0.625. The number of benzene rings is 1. The largest absolute Gasteiger partial charge is 0.488 e. The molecule has 1 fully saturated rings. The molecule has 1 aromatic carbocycles. The lowest BCUT2D eigenvalue weighted by atomic mass is 9.87. The normalized spacial score (nSPS) is 30.1. The van der Waals surface area contributed by atoms with Gasteiger partial charge in [0.25, 0.3) is 0 Å². The van der Waals surface area contributed by atoms with E-state index in [0.717, 1.165) is 31.4 Å². The van der Waals surface area contributed by atoms with Gasteiger partial charge in [0.2, 0.25) is 0 Å². The van der Waals surface area contributed by atoms with Crippen molar-refractivity contribution in [2.75, 3.05) is 7.05 Å². The van der Waals surface area contributed by atoms with Crippen molar-refractivity contribution in [2.45, 2.75) is 56.8 Å². The number of ether oxygens (including phenoxy) is 1. The van der Waals surface area contributed by atoms with E-state index in [2.05, 4.69) is 23.5 Å². The molecular weight excluding hydrogens is 238 g/mol. The Kier molecular flexibility index (Phi) is 3.76. The number of aliphatic hydroxyl groups is 1. The molecule has 3 atom stereocenters. The number of fused-ring (bicyclic) bond motifs is 1. The lowest BCUT2D eigenvalue weighted by Gasteiger charge is -2.26. The van der Waals surface area contributed by atoms with E-state index in [1.165, 1.54) is 24.0 Å². The van der Waals surface area contributed by atoms with Gasteiger partial charge in [0.05, 0.1) is 6.10 Å². The Balaban J connectivity index is 1.77. The lowest BCUT2D eigenvalue weighted by Crippen LogP contribution is -2.26. The van der Waals surface area contributed by atoms with Crippen LogP contribution in [-0.2, 0) is 6.42 Å². The summed E-state index contributed by atoms with van der Waals surface area (Å²) in [6.45, 7) is 0. The zero-order valence-electron chi connectivity index (χ0n) is 11.6. The number of rotatable bonds is 3. The van der Waals surface area contributed by atoms with E-state index in [1.807, 2.05) is 7.05 Å². The van der Waals surface area contributed by atoms with Gasteiger partial charge in [-0.2, -0.15) is 0 Å². The second kappa shape index (κ2) is 5.51. The van der Waals surface area contributed by atoms with Gasteiger partial charge < -0.3 is 15.2 Å². The van der Waals surface area contributed by atoms with Crippen LogP contribution in [0.2, 0.25) is 0 Å². The molecule has 3 heteroatoms. The average Bonchev–Trinajstić information content (AvgIpc) is 2.83. The van der Waals surface area contributed by atoms with Crippen LogP contribution in [0, 0.1) is 0 Å². The molecular formula is C16H23NO2. The van der Waals surface area contributed by atoms with Crippen LogP contribution in [0.25, 0.3) is 0 Å². The molecule has 0 spiro atoms. The van der Waals surface area contributed by atoms with E-state index in [9.17, 15) is 5.11 Å². The minimum atomic E-state index is -0.291. The zero-order chi connectivity index (χ0) is 13.2. The molecule has 1 aromatic rings. The highest BCUT2D eigenvalue weighted by Gasteiger charge is 2.27. The molecule has 0 aliphatic heterocycles. The molecule has 0 amide bonds. The Morgan fingerprint density at radius 1 is 1.21 bits per heavy atom. The summed E-state index contributed by atoms with van der Waals surface area (Å²) in [5.74, 6) is 0.918. The van der Waals surface area contributed by atoms with Crippen LogP contribution in [0.5, 0.6) is 5.75 Å². The molecule has 0 bridgehead atoms. The highest BCUT2D eigenvalue weighted by molar-refractivity contribution is 5.39. The summed E-state index contributed by atoms with van der Waals surface area (Å²) in [6, 6.07) is 6.89. The van der Waals surface area contributed by atoms with E-state index in [4.69, 9.17) is 4.74 Å². The maximum absolute atomic E-state index is 9.83. The number of nitrogens with one attached hydrogen (secondary N) is 1. The van der Waals surface area contributed by atoms with Crippen LogP contribution >= 0.6 is 0 Å². The lowest BCUT2D eigenvalue weighted by molar-refractivity contribution is 0.0603. The van der Waals surface area contributed by atoms with Crippen molar-refractivity contribution >= 4 is 0 Å². The van der Waals surface area contributed by atoms with Crippen molar-refractivity contribution in [3.05, 3.63) is 29.3 Å². The molecule has 3 nitrogen and oxygen atoms in total. The molecule has 0 aromatic heterocycles. The SMILES string of the molecule is CNC1CCCc2cc(OC3CCCC3O)ccc21. The van der Waals surface area contributed by atoms with Crippen molar-refractivity contribution in [1.82, 2.24) is 5.32 Å². The van der Waals surface area contributed by atoms with E-state index in [1.54, 1.807) is 0 Å². The first-order chi connectivity index (χ1) is 9.28. The van der Waals surface area contributed by atoms with Gasteiger partial charge in [-0.25, -0.2) is 0 Å². The van der Waals surface area contributed by atoms with Gasteiger partial charge in [-0.15, -0.1) is 0 Å². The number of hydrogen-bond acceptors (Lipinski definition) is 3. The smallest absolute Gasteiger partial charge is 0.124 e. The van der Waals surface area contributed by atoms with Gasteiger partial charge in [-0.3, -0.25) is 0 Å². The zero-order valence-corrected chi connectivity index (χ0v) is 11.6. The van der Waals surface area contributed by atoms with Crippen LogP contribution in [0.15, 0.2) is 18.2 Å². The third-order valence-electron chi connectivity index (χ3n) is 4.48. The van der Waals surface area contributed by atoms with Gasteiger partial charge in [-0.1, -0.05) is 6.07 Å². The second-order valence-electron chi connectivity index (χ2n) is 5.75. The second-order valence-corrected chi connectivity index (χ2v) is 5.75. The van der Waals surface area contributed by atoms with Crippen LogP contribution in [0.1, 0.15) is 49.3 Å². The minimum absolute atomic E-state index is 0.0123. The average molecular weight is 261 g/mol. The van der Waals surface area contributed by atoms with Crippen molar-refractivity contribution in [3.8, 4) is 5.75 Å². The molecule has 2 aliphatic rings. The Bertz CT molecular complexity index is 446. The van der Waals surface area contributed by atoms with Crippen molar-refractivity contribution in [1.29, 1.82) is 0 Å². The highest BCUT2D eigenvalue weighted by Crippen LogP contribution is 2.33. The molecule has 3 unspecified atom stereocenters. The summed E-state index contributed by atoms with van der Waals surface area (Å²) in [4.78, 5) is 0. The highest BCUT2D eigenvalue weighted by atomic mass is 16.5. The first-order valence-electron chi connectivity index (χ1n) is 7.43. The summed E-state index contributed by atoms with van der Waals surface area (Å²) in [5.41, 5.74) is 2.81. The van der Waals surface area contributed by atoms with Gasteiger partial charge in [0.15, 0.2) is 0 Å². The number of hydrogen-bond donors (Lipinski definition) is 2. The van der Waals surface area contributed by atoms with Crippen LogP contribution in [0.3, 0.4) is 0 Å². The van der Waals surface area contributed by atoms with E-state index in [0.29, 0.717) is 6.04 Å². The minimum Gasteiger partial charge on any atom is -0.488 e. The van der Waals surface area contributed by atoms with Crippen LogP contribution < -0.4 is 10.1 Å². The van der Waals surface area contributed by atoms with Gasteiger partial charge in [-0.05, 0) is 68.8 Å². The molecule has 104 valence electrons.